The van der Waals surface area contributed by atoms with E-state index < -0.39 is 5.25 Å². The van der Waals surface area contributed by atoms with E-state index >= 15 is 0 Å². The van der Waals surface area contributed by atoms with Crippen molar-refractivity contribution in [2.24, 2.45) is 0 Å². The van der Waals surface area contributed by atoms with Crippen LogP contribution in [0.3, 0.4) is 0 Å². The summed E-state index contributed by atoms with van der Waals surface area (Å²) in [6.45, 7) is 6.08. The van der Waals surface area contributed by atoms with Crippen molar-refractivity contribution < 1.29 is 9.18 Å². The van der Waals surface area contributed by atoms with Gasteiger partial charge in [-0.1, -0.05) is 43.0 Å². The van der Waals surface area contributed by atoms with Crippen LogP contribution in [-0.2, 0) is 11.2 Å². The zero-order chi connectivity index (χ0) is 21.3. The van der Waals surface area contributed by atoms with Crippen LogP contribution in [0.1, 0.15) is 41.9 Å². The number of nitrogens with one attached hydrogen (secondary N) is 2. The second-order valence-electron chi connectivity index (χ2n) is 7.42. The van der Waals surface area contributed by atoms with Gasteiger partial charge in [-0.05, 0) is 55.2 Å². The van der Waals surface area contributed by atoms with E-state index in [1.54, 1.807) is 12.1 Å². The predicted molar refractivity (Wildman–Crippen MR) is 117 cm³/mol. The maximum absolute atomic E-state index is 13.5. The van der Waals surface area contributed by atoms with Crippen LogP contribution in [0, 0.1) is 19.7 Å². The summed E-state index contributed by atoms with van der Waals surface area (Å²) in [7, 11) is 0. The predicted octanol–water partition coefficient (Wildman–Crippen LogP) is 4.38. The molecule has 0 aliphatic carbocycles. The summed E-state index contributed by atoms with van der Waals surface area (Å²) in [6.07, 6.45) is 1.71. The highest BCUT2D eigenvalue weighted by Gasteiger charge is 2.37. The first-order valence-corrected chi connectivity index (χ1v) is 10.9. The molecule has 1 aromatic heterocycles. The zero-order valence-corrected chi connectivity index (χ0v) is 18.0. The molecule has 0 saturated heterocycles. The Bertz CT molecular complexity index is 1070. The summed E-state index contributed by atoms with van der Waals surface area (Å²) in [5.41, 5.74) is 7.16. The lowest BCUT2D eigenvalue weighted by Gasteiger charge is -2.33. The summed E-state index contributed by atoms with van der Waals surface area (Å²) >= 11 is 1.37. The molecule has 8 heteroatoms. The van der Waals surface area contributed by atoms with Gasteiger partial charge in [-0.3, -0.25) is 4.79 Å². The Kier molecular flexibility index (Phi) is 5.76. The molecule has 2 heterocycles. The molecule has 1 amide bonds. The number of halogens is 1. The molecule has 0 saturated carbocycles. The Morgan fingerprint density at radius 1 is 1.20 bits per heavy atom. The van der Waals surface area contributed by atoms with Crippen LogP contribution in [0.5, 0.6) is 0 Å². The van der Waals surface area contributed by atoms with Crippen molar-refractivity contribution >= 4 is 23.4 Å². The van der Waals surface area contributed by atoms with Crippen molar-refractivity contribution in [3.05, 3.63) is 70.8 Å². The van der Waals surface area contributed by atoms with Gasteiger partial charge >= 0.3 is 0 Å². The Balaban J connectivity index is 1.68. The van der Waals surface area contributed by atoms with Gasteiger partial charge in [0.25, 0.3) is 0 Å². The smallest absolute Gasteiger partial charge is 0.240 e. The van der Waals surface area contributed by atoms with Gasteiger partial charge in [-0.2, -0.15) is 0 Å². The quantitative estimate of drug-likeness (QED) is 0.635. The van der Waals surface area contributed by atoms with Crippen molar-refractivity contribution in [1.82, 2.24) is 14.9 Å². The van der Waals surface area contributed by atoms with Crippen molar-refractivity contribution in [3.63, 3.8) is 0 Å². The second-order valence-corrected chi connectivity index (χ2v) is 8.53. The molecule has 4 rings (SSSR count). The van der Waals surface area contributed by atoms with E-state index in [-0.39, 0.29) is 17.8 Å². The molecule has 0 bridgehead atoms. The van der Waals surface area contributed by atoms with Crippen LogP contribution in [0.25, 0.3) is 0 Å². The highest BCUT2D eigenvalue weighted by atomic mass is 32.2. The van der Waals surface area contributed by atoms with Gasteiger partial charge in [-0.15, -0.1) is 10.2 Å². The number of nitrogens with zero attached hydrogens (tertiary/aromatic N) is 3. The van der Waals surface area contributed by atoms with Gasteiger partial charge in [-0.25, -0.2) is 9.07 Å². The molecule has 3 aromatic rings. The molecular weight excluding hydrogens is 401 g/mol. The molecule has 0 radical (unpaired) electrons. The molecule has 0 unspecified atom stereocenters. The molecule has 1 aliphatic heterocycles. The maximum atomic E-state index is 13.5. The van der Waals surface area contributed by atoms with E-state index in [0.717, 1.165) is 41.0 Å². The molecule has 2 N–H and O–H groups in total. The van der Waals surface area contributed by atoms with Crippen LogP contribution in [0.15, 0.2) is 47.6 Å². The van der Waals surface area contributed by atoms with Crippen LogP contribution in [-0.4, -0.2) is 26.0 Å². The van der Waals surface area contributed by atoms with E-state index in [9.17, 15) is 9.18 Å². The Hall–Kier alpha value is -2.87. The zero-order valence-electron chi connectivity index (χ0n) is 17.1. The summed E-state index contributed by atoms with van der Waals surface area (Å²) in [5.74, 6) is 0.373. The first-order valence-electron chi connectivity index (χ1n) is 9.98. The maximum Gasteiger partial charge on any atom is 0.240 e. The first kappa shape index (κ1) is 20.4. The summed E-state index contributed by atoms with van der Waals surface area (Å²) in [6, 6.07) is 11.7. The number of carbonyl (C=O) groups is 1. The van der Waals surface area contributed by atoms with Crippen molar-refractivity contribution in [3.8, 4) is 0 Å². The van der Waals surface area contributed by atoms with Crippen LogP contribution in [0.4, 0.5) is 10.1 Å². The van der Waals surface area contributed by atoms with Gasteiger partial charge in [0, 0.05) is 12.1 Å². The standard InChI is InChI=1S/C22H24FN5OS/c1-4-6-18-25-26-22-28(18)27-19(15-9-11-16(23)12-10-15)20(30-22)21(29)24-17-8-5-7-13(2)14(17)3/h5,7-12,19-20,27H,4,6H2,1-3H3,(H,24,29)/t19-,20+/m0/s1. The minimum Gasteiger partial charge on any atom is -0.325 e. The van der Waals surface area contributed by atoms with Crippen molar-refractivity contribution in [1.29, 1.82) is 0 Å². The van der Waals surface area contributed by atoms with Crippen molar-refractivity contribution in [2.45, 2.75) is 50.1 Å². The number of fused-ring (bicyclic) bond motifs is 1. The van der Waals surface area contributed by atoms with E-state index in [1.165, 1.54) is 23.9 Å². The fourth-order valence-electron chi connectivity index (χ4n) is 3.49. The number of hydrogen-bond acceptors (Lipinski definition) is 5. The van der Waals surface area contributed by atoms with Gasteiger partial charge in [0.15, 0.2) is 5.82 Å². The number of aryl methyl sites for hydroxylation is 2. The number of anilines is 1. The third-order valence-corrected chi connectivity index (χ3v) is 6.54. The highest BCUT2D eigenvalue weighted by molar-refractivity contribution is 8.00. The molecule has 1 aliphatic rings. The van der Waals surface area contributed by atoms with Crippen LogP contribution >= 0.6 is 11.8 Å². The van der Waals surface area contributed by atoms with Crippen LogP contribution < -0.4 is 10.7 Å². The Labute approximate surface area is 179 Å². The number of rotatable bonds is 5. The fourth-order valence-corrected chi connectivity index (χ4v) is 4.59. The van der Waals surface area contributed by atoms with E-state index in [2.05, 4.69) is 27.9 Å². The summed E-state index contributed by atoms with van der Waals surface area (Å²) < 4.78 is 15.4. The Morgan fingerprint density at radius 2 is 1.97 bits per heavy atom. The number of carbonyl (C=O) groups excluding carboxylic acids is 1. The van der Waals surface area contributed by atoms with Gasteiger partial charge in [0.05, 0.1) is 6.04 Å². The molecule has 0 spiro atoms. The third kappa shape index (κ3) is 3.92. The first-order chi connectivity index (χ1) is 14.5. The third-order valence-electron chi connectivity index (χ3n) is 5.33. The molecule has 0 fully saturated rings. The topological polar surface area (TPSA) is 71.8 Å². The van der Waals surface area contributed by atoms with Gasteiger partial charge in [0.1, 0.15) is 11.1 Å². The molecular formula is C22H24FN5OS. The average Bonchev–Trinajstić information content (AvgIpc) is 3.13. The van der Waals surface area contributed by atoms with Crippen LogP contribution in [0.2, 0.25) is 0 Å². The summed E-state index contributed by atoms with van der Waals surface area (Å²) in [5, 5.41) is 11.7. The SMILES string of the molecule is CCCc1nnc2n1N[C@@H](c1ccc(F)cc1)[C@H](C(=O)Nc1cccc(C)c1C)S2. The monoisotopic (exact) mass is 425 g/mol. The number of hydrogen-bond donors (Lipinski definition) is 2. The molecule has 2 atom stereocenters. The van der Waals surface area contributed by atoms with Gasteiger partial charge in [0.2, 0.25) is 11.1 Å². The highest BCUT2D eigenvalue weighted by Crippen LogP contribution is 2.38. The number of benzene rings is 2. The minimum absolute atomic E-state index is 0.137. The summed E-state index contributed by atoms with van der Waals surface area (Å²) in [4.78, 5) is 13.3. The number of thioether (sulfide) groups is 1. The lowest BCUT2D eigenvalue weighted by Crippen LogP contribution is -2.41. The lowest BCUT2D eigenvalue weighted by molar-refractivity contribution is -0.116. The number of aromatic nitrogens is 3. The minimum atomic E-state index is -0.499. The molecule has 6 nitrogen and oxygen atoms in total. The van der Waals surface area contributed by atoms with E-state index in [1.807, 2.05) is 36.7 Å². The molecule has 2 aromatic carbocycles. The lowest BCUT2D eigenvalue weighted by atomic mass is 10.0. The number of amides is 1. The second kappa shape index (κ2) is 8.47. The van der Waals surface area contributed by atoms with E-state index in [4.69, 9.17) is 0 Å². The molecule has 30 heavy (non-hydrogen) atoms. The normalized spacial score (nSPS) is 17.9. The van der Waals surface area contributed by atoms with Crippen molar-refractivity contribution in [2.75, 3.05) is 10.7 Å². The fraction of sp³-hybridized carbons (Fsp3) is 0.318. The largest absolute Gasteiger partial charge is 0.325 e. The van der Waals surface area contributed by atoms with E-state index in [0.29, 0.717) is 5.16 Å². The molecule has 156 valence electrons. The average molecular weight is 426 g/mol. The Morgan fingerprint density at radius 3 is 2.70 bits per heavy atom. The van der Waals surface area contributed by atoms with Gasteiger partial charge < -0.3 is 10.7 Å².